The number of halogens is 2. The maximum absolute atomic E-state index is 13.5. The van der Waals surface area contributed by atoms with Crippen molar-refractivity contribution in [3.05, 3.63) is 90.8 Å². The van der Waals surface area contributed by atoms with E-state index in [1.54, 1.807) is 6.92 Å². The van der Waals surface area contributed by atoms with Gasteiger partial charge in [0, 0.05) is 45.0 Å². The molecule has 2 aromatic carbocycles. The lowest BCUT2D eigenvalue weighted by Crippen LogP contribution is -2.21. The van der Waals surface area contributed by atoms with E-state index in [1.807, 2.05) is 0 Å². The van der Waals surface area contributed by atoms with Gasteiger partial charge in [0.2, 0.25) is 0 Å². The molecule has 0 atom stereocenters. The molecule has 0 saturated carbocycles. The molecule has 11 nitrogen and oxygen atoms in total. The predicted molar refractivity (Wildman–Crippen MR) is 127 cm³/mol. The number of nitrogens with zero attached hydrogens (tertiary/aromatic N) is 3. The Morgan fingerprint density at radius 3 is 2.51 bits per heavy atom. The number of benzene rings is 2. The van der Waals surface area contributed by atoms with E-state index in [1.165, 1.54) is 43.6 Å². The number of anilines is 1. The quantitative estimate of drug-likeness (QED) is 0.265. The lowest BCUT2D eigenvalue weighted by Gasteiger charge is -2.15. The van der Waals surface area contributed by atoms with E-state index in [4.69, 9.17) is 25.6 Å². The zero-order chi connectivity index (χ0) is 25.5. The normalized spacial score (nSPS) is 10.7. The number of aromatic nitrogens is 1. The van der Waals surface area contributed by atoms with Gasteiger partial charge in [-0.2, -0.15) is 0 Å². The van der Waals surface area contributed by atoms with Crippen LogP contribution in [0.3, 0.4) is 0 Å². The molecular formula is C21H17ClFN4O7P. The summed E-state index contributed by atoms with van der Waals surface area (Å²) < 4.78 is 30.4. The van der Waals surface area contributed by atoms with Crippen LogP contribution in [-0.2, 0) is 11.3 Å². The van der Waals surface area contributed by atoms with Gasteiger partial charge in [0.25, 0.3) is 11.5 Å². The van der Waals surface area contributed by atoms with Gasteiger partial charge in [0.05, 0.1) is 12.7 Å². The Bertz CT molecular complexity index is 1330. The summed E-state index contributed by atoms with van der Waals surface area (Å²) >= 11 is 6.22. The first-order chi connectivity index (χ1) is 16.7. The largest absolute Gasteiger partial charge is 0.493 e. The number of hydrogen-bond donors (Lipinski definition) is 1. The van der Waals surface area contributed by atoms with Gasteiger partial charge in [0.15, 0.2) is 11.5 Å². The van der Waals surface area contributed by atoms with Gasteiger partial charge < -0.3 is 14.8 Å². The number of rotatable bonds is 10. The molecule has 3 rings (SSSR count). The lowest BCUT2D eigenvalue weighted by atomic mass is 10.1. The molecule has 0 aliphatic carbocycles. The molecule has 1 aromatic heterocycles. The molecule has 0 saturated heterocycles. The van der Waals surface area contributed by atoms with E-state index < -0.39 is 32.5 Å². The van der Waals surface area contributed by atoms with E-state index in [0.29, 0.717) is 10.6 Å². The molecule has 0 aliphatic heterocycles. The maximum Gasteiger partial charge on any atom is 0.375 e. The van der Waals surface area contributed by atoms with Gasteiger partial charge in [-0.15, -0.1) is 9.81 Å². The van der Waals surface area contributed by atoms with E-state index in [0.717, 1.165) is 16.7 Å². The first-order valence-electron chi connectivity index (χ1n) is 9.68. The van der Waals surface area contributed by atoms with Crippen molar-refractivity contribution in [2.45, 2.75) is 13.7 Å². The number of nitrogens with one attached hydrogen (secondary N) is 1. The number of methoxy groups -OCH3 is 1. The van der Waals surface area contributed by atoms with Gasteiger partial charge >= 0.3 is 8.45 Å². The van der Waals surface area contributed by atoms with Crippen molar-refractivity contribution in [1.82, 2.24) is 4.57 Å². The number of carbonyl (C=O) groups excluding carboxylic acids is 1. The zero-order valence-corrected chi connectivity index (χ0v) is 19.9. The van der Waals surface area contributed by atoms with Crippen LogP contribution in [0, 0.1) is 22.6 Å². The Hall–Kier alpha value is -3.73. The van der Waals surface area contributed by atoms with E-state index >= 15 is 0 Å². The molecule has 0 spiro atoms. The van der Waals surface area contributed by atoms with Crippen molar-refractivity contribution >= 4 is 31.6 Å². The molecule has 1 amide bonds. The molecule has 0 unspecified atom stereocenters. The van der Waals surface area contributed by atoms with Crippen molar-refractivity contribution in [1.29, 1.82) is 0 Å². The highest BCUT2D eigenvalue weighted by atomic mass is 35.5. The molecular weight excluding hydrogens is 506 g/mol. The van der Waals surface area contributed by atoms with Gasteiger partial charge in [-0.1, -0.05) is 11.6 Å². The highest BCUT2D eigenvalue weighted by Crippen LogP contribution is 2.39. The second kappa shape index (κ2) is 11.6. The Morgan fingerprint density at radius 1 is 1.11 bits per heavy atom. The third-order valence-electron chi connectivity index (χ3n) is 4.56. The summed E-state index contributed by atoms with van der Waals surface area (Å²) in [5.74, 6) is -0.818. The number of hydrogen-bond acceptors (Lipinski definition) is 9. The van der Waals surface area contributed by atoms with Crippen LogP contribution in [0.1, 0.15) is 15.9 Å². The monoisotopic (exact) mass is 522 g/mol. The topological polar surface area (TPSA) is 138 Å². The summed E-state index contributed by atoms with van der Waals surface area (Å²) in [4.78, 5) is 50.9. The fraction of sp³-hybridized carbons (Fsp3) is 0.143. The Kier molecular flexibility index (Phi) is 8.58. The predicted octanol–water partition coefficient (Wildman–Crippen LogP) is 5.74. The van der Waals surface area contributed by atoms with E-state index in [-0.39, 0.29) is 28.5 Å². The van der Waals surface area contributed by atoms with Gasteiger partial charge in [-0.25, -0.2) is 4.39 Å². The molecule has 0 fully saturated rings. The van der Waals surface area contributed by atoms with E-state index in [2.05, 4.69) is 15.2 Å². The minimum atomic E-state index is -2.43. The molecule has 0 aliphatic rings. The highest BCUT2D eigenvalue weighted by Gasteiger charge is 2.19. The average molecular weight is 523 g/mol. The van der Waals surface area contributed by atoms with Crippen LogP contribution in [-0.4, -0.2) is 17.6 Å². The van der Waals surface area contributed by atoms with Crippen LogP contribution in [0.2, 0.25) is 5.02 Å². The molecule has 1 heterocycles. The smallest absolute Gasteiger partial charge is 0.375 e. The molecule has 14 heteroatoms. The van der Waals surface area contributed by atoms with Crippen LogP contribution >= 0.6 is 20.1 Å². The van der Waals surface area contributed by atoms with Crippen molar-refractivity contribution < 1.29 is 23.2 Å². The summed E-state index contributed by atoms with van der Waals surface area (Å²) in [5.41, 5.74) is 0.241. The number of ether oxygens (including phenoxy) is 2. The fourth-order valence-electron chi connectivity index (χ4n) is 2.84. The number of amides is 1. The molecule has 1 N–H and O–H groups in total. The Labute approximate surface area is 203 Å². The Morgan fingerprint density at radius 2 is 1.86 bits per heavy atom. The number of aryl methyl sites for hydroxylation is 1. The average Bonchev–Trinajstić information content (AvgIpc) is 2.83. The number of nitroso groups, excluding NO2 is 2. The molecule has 3 aromatic rings. The SMILES string of the molecule is COc1cc(F)ccc1Oc1cc(Cl)c(C)cc1C(=O)Nc1ccn(COP(N=O)N=O)c(=O)c1. The first kappa shape index (κ1) is 25.9. The van der Waals surface area contributed by atoms with E-state index in [9.17, 15) is 23.8 Å². The van der Waals surface area contributed by atoms with Crippen LogP contribution in [0.5, 0.6) is 17.2 Å². The van der Waals surface area contributed by atoms with Crippen molar-refractivity contribution in [2.75, 3.05) is 12.4 Å². The fourth-order valence-corrected chi connectivity index (χ4v) is 3.34. The molecule has 182 valence electrons. The summed E-state index contributed by atoms with van der Waals surface area (Å²) in [6, 6.07) is 9.09. The summed E-state index contributed by atoms with van der Waals surface area (Å²) in [7, 11) is -1.08. The number of carbonyl (C=O) groups is 1. The molecule has 35 heavy (non-hydrogen) atoms. The molecule has 0 bridgehead atoms. The Balaban J connectivity index is 1.85. The van der Waals surface area contributed by atoms with Crippen LogP contribution in [0.15, 0.2) is 63.4 Å². The summed E-state index contributed by atoms with van der Waals surface area (Å²) in [6.07, 6.45) is 1.29. The van der Waals surface area contributed by atoms with Gasteiger partial charge in [-0.05, 0) is 36.8 Å². The summed E-state index contributed by atoms with van der Waals surface area (Å²) in [5, 5.41) is 2.91. The summed E-state index contributed by atoms with van der Waals surface area (Å²) in [6.45, 7) is 1.27. The second-order valence-electron chi connectivity index (χ2n) is 6.85. The maximum atomic E-state index is 13.5. The lowest BCUT2D eigenvalue weighted by molar-refractivity contribution is 0.102. The van der Waals surface area contributed by atoms with Gasteiger partial charge in [0.1, 0.15) is 18.3 Å². The van der Waals surface area contributed by atoms with Crippen molar-refractivity contribution in [3.8, 4) is 17.2 Å². The highest BCUT2D eigenvalue weighted by molar-refractivity contribution is 7.49. The first-order valence-corrected chi connectivity index (χ1v) is 11.2. The minimum Gasteiger partial charge on any atom is -0.493 e. The van der Waals surface area contributed by atoms with Crippen molar-refractivity contribution in [2.24, 2.45) is 9.89 Å². The van der Waals surface area contributed by atoms with Crippen LogP contribution < -0.4 is 20.3 Å². The van der Waals surface area contributed by atoms with Crippen LogP contribution in [0.4, 0.5) is 10.1 Å². The number of pyridine rings is 1. The van der Waals surface area contributed by atoms with Crippen molar-refractivity contribution in [3.63, 3.8) is 0 Å². The molecule has 0 radical (unpaired) electrons. The minimum absolute atomic E-state index is 0.0702. The second-order valence-corrected chi connectivity index (χ2v) is 8.34. The zero-order valence-electron chi connectivity index (χ0n) is 18.2. The standard InChI is InChI=1S/C21H17ClFN4O7P/c1-12-7-15(18(10-16(12)22)34-17-4-3-13(23)8-19(17)32-2)21(29)24-14-5-6-27(20(28)9-14)11-33-35(25-30)26-31/h3-10H,11H2,1-2H3,(H,24,29). The third-order valence-corrected chi connectivity index (χ3v) is 5.59. The van der Waals surface area contributed by atoms with Gasteiger partial charge in [-0.3, -0.25) is 18.7 Å². The third kappa shape index (κ3) is 6.44. The van der Waals surface area contributed by atoms with Crippen LogP contribution in [0.25, 0.3) is 0 Å².